The van der Waals surface area contributed by atoms with Gasteiger partial charge >= 0.3 is 0 Å². The molecule has 0 spiro atoms. The van der Waals surface area contributed by atoms with E-state index in [1.54, 1.807) is 6.07 Å². The zero-order valence-corrected chi connectivity index (χ0v) is 15.0. The van der Waals surface area contributed by atoms with Gasteiger partial charge in [-0.3, -0.25) is 4.21 Å². The number of halogens is 2. The molecule has 0 aliphatic heterocycles. The van der Waals surface area contributed by atoms with Crippen LogP contribution in [0.2, 0.25) is 5.02 Å². The predicted octanol–water partition coefficient (Wildman–Crippen LogP) is 5.49. The summed E-state index contributed by atoms with van der Waals surface area (Å²) in [5.74, 6) is 1.21. The fourth-order valence-corrected chi connectivity index (χ4v) is 3.80. The first-order valence-electron chi connectivity index (χ1n) is 6.46. The molecule has 0 radical (unpaired) electrons. The van der Waals surface area contributed by atoms with Gasteiger partial charge in [0.15, 0.2) is 5.76 Å². The molecule has 0 aliphatic rings. The molecule has 0 amide bonds. The summed E-state index contributed by atoms with van der Waals surface area (Å²) < 4.78 is 19.6. The Kier molecular flexibility index (Phi) is 4.38. The molecule has 0 aliphatic carbocycles. The second-order valence-corrected chi connectivity index (χ2v) is 7.90. The summed E-state index contributed by atoms with van der Waals surface area (Å²) >= 11 is 8.33. The van der Waals surface area contributed by atoms with Gasteiger partial charge in [-0.1, -0.05) is 30.7 Å². The van der Waals surface area contributed by atoms with Gasteiger partial charge in [-0.05, 0) is 52.9 Å². The number of rotatable bonds is 3. The van der Waals surface area contributed by atoms with E-state index in [0.717, 1.165) is 19.4 Å². The second kappa shape index (κ2) is 6.10. The summed E-state index contributed by atoms with van der Waals surface area (Å²) in [6.45, 7) is 1.90. The quantitative estimate of drug-likeness (QED) is 0.515. The van der Waals surface area contributed by atoms with Crippen molar-refractivity contribution in [2.24, 2.45) is 0 Å². The first-order chi connectivity index (χ1) is 10.1. The topological polar surface area (TPSA) is 30.2 Å². The third-order valence-electron chi connectivity index (χ3n) is 3.20. The van der Waals surface area contributed by atoms with Gasteiger partial charge in [-0.15, -0.1) is 0 Å². The van der Waals surface area contributed by atoms with Gasteiger partial charge in [0.05, 0.1) is 15.7 Å². The lowest BCUT2D eigenvalue weighted by atomic mass is 10.1. The second-order valence-electron chi connectivity index (χ2n) is 4.54. The summed E-state index contributed by atoms with van der Waals surface area (Å²) in [6.07, 6.45) is 0. The highest BCUT2D eigenvalue weighted by molar-refractivity contribution is 14.1. The molecule has 21 heavy (non-hydrogen) atoms. The van der Waals surface area contributed by atoms with E-state index in [9.17, 15) is 4.21 Å². The molecule has 1 heterocycles. The van der Waals surface area contributed by atoms with Crippen LogP contribution >= 0.6 is 34.2 Å². The Morgan fingerprint density at radius 1 is 1.19 bits per heavy atom. The lowest BCUT2D eigenvalue weighted by Crippen LogP contribution is -1.95. The first-order valence-corrected chi connectivity index (χ1v) is 9.24. The molecule has 3 aromatic rings. The molecular formula is C16H12ClIO2S. The van der Waals surface area contributed by atoms with Gasteiger partial charge in [0.25, 0.3) is 0 Å². The molecule has 0 saturated heterocycles. The van der Waals surface area contributed by atoms with Crippen molar-refractivity contribution in [2.45, 2.75) is 11.8 Å². The first kappa shape index (κ1) is 15.1. The minimum atomic E-state index is -1.11. The number of hydrogen-bond acceptors (Lipinski definition) is 2. The number of benzene rings is 2. The van der Waals surface area contributed by atoms with Crippen LogP contribution in [0.4, 0.5) is 0 Å². The highest BCUT2D eigenvalue weighted by Crippen LogP contribution is 2.37. The van der Waals surface area contributed by atoms with Gasteiger partial charge in [0.1, 0.15) is 5.58 Å². The van der Waals surface area contributed by atoms with Crippen molar-refractivity contribution < 1.29 is 8.63 Å². The maximum absolute atomic E-state index is 12.5. The normalized spacial score (nSPS) is 12.7. The third-order valence-corrected chi connectivity index (χ3v) is 5.54. The van der Waals surface area contributed by atoms with Crippen LogP contribution in [0, 0.1) is 3.57 Å². The molecular weight excluding hydrogens is 419 g/mol. The van der Waals surface area contributed by atoms with E-state index in [1.165, 1.54) is 0 Å². The molecule has 2 aromatic carbocycles. The van der Waals surface area contributed by atoms with Gasteiger partial charge in [-0.25, -0.2) is 0 Å². The molecule has 0 N–H and O–H groups in total. The van der Waals surface area contributed by atoms with E-state index in [2.05, 4.69) is 22.6 Å². The maximum Gasteiger partial charge on any atom is 0.151 e. The summed E-state index contributed by atoms with van der Waals surface area (Å²) in [7, 11) is -1.11. The van der Waals surface area contributed by atoms with E-state index in [4.69, 9.17) is 16.0 Å². The Morgan fingerprint density at radius 3 is 2.57 bits per heavy atom. The van der Waals surface area contributed by atoms with E-state index < -0.39 is 10.8 Å². The van der Waals surface area contributed by atoms with Crippen LogP contribution in [0.3, 0.4) is 0 Å². The van der Waals surface area contributed by atoms with E-state index in [1.807, 2.05) is 43.3 Å². The lowest BCUT2D eigenvalue weighted by Gasteiger charge is -2.02. The SMILES string of the molecule is CC[S@](=O)c1c(-c2ccc(I)cc2)oc2ccc(Cl)cc12. The van der Waals surface area contributed by atoms with Crippen molar-refractivity contribution in [2.75, 3.05) is 5.75 Å². The largest absolute Gasteiger partial charge is 0.455 e. The van der Waals surface area contributed by atoms with E-state index >= 15 is 0 Å². The van der Waals surface area contributed by atoms with Crippen molar-refractivity contribution in [1.82, 2.24) is 0 Å². The highest BCUT2D eigenvalue weighted by Gasteiger charge is 2.20. The Labute approximate surface area is 144 Å². The number of furan rings is 1. The molecule has 2 nitrogen and oxygen atoms in total. The van der Waals surface area contributed by atoms with Gasteiger partial charge in [-0.2, -0.15) is 0 Å². The number of hydrogen-bond donors (Lipinski definition) is 0. The zero-order valence-electron chi connectivity index (χ0n) is 11.2. The van der Waals surface area contributed by atoms with Gasteiger partial charge < -0.3 is 4.42 Å². The summed E-state index contributed by atoms with van der Waals surface area (Å²) in [4.78, 5) is 0.733. The van der Waals surface area contributed by atoms with E-state index in [0.29, 0.717) is 22.1 Å². The van der Waals surface area contributed by atoms with Crippen LogP contribution in [0.15, 0.2) is 51.8 Å². The van der Waals surface area contributed by atoms with Crippen molar-refractivity contribution in [1.29, 1.82) is 0 Å². The van der Waals surface area contributed by atoms with E-state index in [-0.39, 0.29) is 0 Å². The average Bonchev–Trinajstić information content (AvgIpc) is 2.85. The van der Waals surface area contributed by atoms with Crippen molar-refractivity contribution in [3.05, 3.63) is 51.1 Å². The summed E-state index contributed by atoms with van der Waals surface area (Å²) in [5, 5.41) is 1.45. The molecule has 1 aromatic heterocycles. The highest BCUT2D eigenvalue weighted by atomic mass is 127. The molecule has 0 saturated carbocycles. The van der Waals surface area contributed by atoms with Crippen LogP contribution in [0.1, 0.15) is 6.92 Å². The monoisotopic (exact) mass is 430 g/mol. The van der Waals surface area contributed by atoms with Gasteiger partial charge in [0, 0.05) is 25.3 Å². The molecule has 0 unspecified atom stereocenters. The number of fused-ring (bicyclic) bond motifs is 1. The molecule has 108 valence electrons. The Balaban J connectivity index is 2.30. The van der Waals surface area contributed by atoms with Crippen LogP contribution in [-0.4, -0.2) is 9.96 Å². The van der Waals surface area contributed by atoms with Crippen molar-refractivity contribution in [3.63, 3.8) is 0 Å². The summed E-state index contributed by atoms with van der Waals surface area (Å²) in [6, 6.07) is 13.4. The predicted molar refractivity (Wildman–Crippen MR) is 96.3 cm³/mol. The van der Waals surface area contributed by atoms with Crippen molar-refractivity contribution >= 4 is 56.0 Å². The molecule has 0 fully saturated rings. The maximum atomic E-state index is 12.5. The minimum absolute atomic E-state index is 0.540. The zero-order chi connectivity index (χ0) is 15.0. The standard InChI is InChI=1S/C16H12ClIO2S/c1-2-21(19)16-13-9-11(17)5-8-14(13)20-15(16)10-3-6-12(18)7-4-10/h3-9H,2H2,1H3/t21-/m0/s1. The van der Waals surface area contributed by atoms with Crippen LogP contribution < -0.4 is 0 Å². The minimum Gasteiger partial charge on any atom is -0.455 e. The fourth-order valence-electron chi connectivity index (χ4n) is 2.21. The van der Waals surface area contributed by atoms with Crippen LogP contribution in [-0.2, 0) is 10.8 Å². The molecule has 5 heteroatoms. The molecule has 1 atom stereocenters. The average molecular weight is 431 g/mol. The third kappa shape index (κ3) is 2.89. The Hall–Kier alpha value is -0.850. The van der Waals surface area contributed by atoms with Crippen LogP contribution in [0.25, 0.3) is 22.3 Å². The molecule has 0 bridgehead atoms. The smallest absolute Gasteiger partial charge is 0.151 e. The molecule has 3 rings (SSSR count). The Bertz CT molecular complexity index is 824. The fraction of sp³-hybridized carbons (Fsp3) is 0.125. The lowest BCUT2D eigenvalue weighted by molar-refractivity contribution is 0.622. The van der Waals surface area contributed by atoms with Gasteiger partial charge in [0.2, 0.25) is 0 Å². The van der Waals surface area contributed by atoms with Crippen molar-refractivity contribution in [3.8, 4) is 11.3 Å². The Morgan fingerprint density at radius 2 is 1.90 bits per heavy atom. The summed E-state index contributed by atoms with van der Waals surface area (Å²) in [5.41, 5.74) is 1.64. The van der Waals surface area contributed by atoms with Crippen LogP contribution in [0.5, 0.6) is 0 Å².